The minimum atomic E-state index is -1.12. The zero-order valence-electron chi connectivity index (χ0n) is 4.53. The van der Waals surface area contributed by atoms with E-state index in [1.807, 2.05) is 0 Å². The Labute approximate surface area is 64.6 Å². The molecule has 0 aliphatic carbocycles. The van der Waals surface area contributed by atoms with Crippen molar-refractivity contribution in [1.29, 1.82) is 0 Å². The van der Waals surface area contributed by atoms with Gasteiger partial charge in [0, 0.05) is 0 Å². The number of rotatable bonds is 2. The lowest BCUT2D eigenvalue weighted by Crippen LogP contribution is -2.16. The minimum absolute atomic E-state index is 0. The molecule has 1 atom stereocenters. The first-order valence-corrected chi connectivity index (χ1v) is 2.36. The van der Waals surface area contributed by atoms with E-state index in [4.69, 9.17) is 10.8 Å². The number of carbonyl (C=O) groups is 1. The first-order chi connectivity index (χ1) is 3.18. The van der Waals surface area contributed by atoms with Gasteiger partial charge in [0.05, 0.1) is 12.4 Å². The first kappa shape index (κ1) is 16.0. The van der Waals surface area contributed by atoms with Crippen LogP contribution in [0.25, 0.3) is 5.73 Å². The molecule has 0 saturated carbocycles. The molecule has 0 saturated heterocycles. The number of carboxylic acid groups (broad SMARTS) is 1. The van der Waals surface area contributed by atoms with Gasteiger partial charge >= 0.3 is 0 Å². The van der Waals surface area contributed by atoms with E-state index < -0.39 is 12.0 Å². The van der Waals surface area contributed by atoms with Crippen LogP contribution >= 0.6 is 12.6 Å². The van der Waals surface area contributed by atoms with Crippen LogP contribution in [0.2, 0.25) is 0 Å². The van der Waals surface area contributed by atoms with Crippen molar-refractivity contribution in [2.24, 2.45) is 0 Å². The summed E-state index contributed by atoms with van der Waals surface area (Å²) in [6.07, 6.45) is 0. The highest BCUT2D eigenvalue weighted by molar-refractivity contribution is 7.80. The Bertz CT molecular complexity index is 81.5. The Morgan fingerprint density at radius 2 is 2.11 bits per heavy atom. The fraction of sp³-hybridized carbons (Fsp3) is 0.667. The van der Waals surface area contributed by atoms with E-state index in [-0.39, 0.29) is 23.6 Å². The van der Waals surface area contributed by atoms with Crippen molar-refractivity contribution in [1.82, 2.24) is 0 Å². The predicted octanol–water partition coefficient (Wildman–Crippen LogP) is -0.939. The van der Waals surface area contributed by atoms with Crippen LogP contribution in [0, 0.1) is 12.4 Å². The lowest BCUT2D eigenvalue weighted by atomic mass is 10.4. The molecule has 0 bridgehead atoms. The summed E-state index contributed by atoms with van der Waals surface area (Å²) in [4.78, 5) is 9.69. The Kier molecular flexibility index (Phi) is 14.3. The normalized spacial score (nSPS) is 10.4. The monoisotopic (exact) mass is 175 g/mol. The Balaban J connectivity index is -0.000000180. The second-order valence-electron chi connectivity index (χ2n) is 1.07. The molecular weight excluding hydrogens is 166 g/mol. The maximum absolute atomic E-state index is 9.69. The third-order valence-electron chi connectivity index (χ3n) is 0.481. The van der Waals surface area contributed by atoms with Crippen LogP contribution in [0.1, 0.15) is 0 Å². The molecule has 1 unspecified atom stereocenters. The molecule has 0 rings (SSSR count). The molecule has 0 radical (unpaired) electrons. The lowest BCUT2D eigenvalue weighted by molar-refractivity contribution is -0.136. The number of carboxylic acids is 1. The van der Waals surface area contributed by atoms with Crippen molar-refractivity contribution in [3.8, 4) is 0 Å². The molecule has 4 N–H and O–H groups in total. The standard InChI is InChI=1S/C3H6NO2S.ClH2.H2O/c4-2(1-7)3(5)6;;/h2,4,7H,1H2,(H,5,6);2*1H2/q-1;+1;. The largest absolute Gasteiger partial charge is 0.665 e. The van der Waals surface area contributed by atoms with Crippen LogP contribution in [0.3, 0.4) is 0 Å². The van der Waals surface area contributed by atoms with Crippen molar-refractivity contribution >= 4 is 18.6 Å². The number of aliphatic carboxylic acids is 1. The lowest BCUT2D eigenvalue weighted by Gasteiger charge is -2.07. The smallest absolute Gasteiger partial charge is 0.286 e. The van der Waals surface area contributed by atoms with Gasteiger partial charge in [-0.3, -0.25) is 4.79 Å². The van der Waals surface area contributed by atoms with Gasteiger partial charge in [-0.25, -0.2) is 0 Å². The quantitative estimate of drug-likeness (QED) is 0.531. The maximum Gasteiger partial charge on any atom is 0.286 e. The summed E-state index contributed by atoms with van der Waals surface area (Å²) in [7, 11) is 0. The van der Waals surface area contributed by atoms with Crippen molar-refractivity contribution in [2.75, 3.05) is 5.75 Å². The van der Waals surface area contributed by atoms with Crippen LogP contribution in [-0.4, -0.2) is 28.3 Å². The number of hydrogen-bond donors (Lipinski definition) is 2. The van der Waals surface area contributed by atoms with Crippen LogP contribution in [0.15, 0.2) is 0 Å². The fourth-order valence-electron chi connectivity index (χ4n) is 0.0781. The zero-order valence-corrected chi connectivity index (χ0v) is 6.32. The molecule has 0 heterocycles. The average Bonchev–Trinajstić information content (AvgIpc) is 1.65. The van der Waals surface area contributed by atoms with Gasteiger partial charge in [0.15, 0.2) is 0 Å². The molecule has 0 aromatic rings. The van der Waals surface area contributed by atoms with E-state index in [0.717, 1.165) is 0 Å². The molecular formula is C3H10ClNO3S. The highest BCUT2D eigenvalue weighted by Gasteiger charge is 1.97. The molecule has 58 valence electrons. The van der Waals surface area contributed by atoms with Gasteiger partial charge < -0.3 is 16.3 Å². The summed E-state index contributed by atoms with van der Waals surface area (Å²) >= 11 is 3.59. The topological polar surface area (TPSA) is 92.6 Å². The van der Waals surface area contributed by atoms with Gasteiger partial charge in [-0.2, -0.15) is 12.6 Å². The molecule has 0 aliphatic heterocycles. The Morgan fingerprint density at radius 3 is 2.11 bits per heavy atom. The van der Waals surface area contributed by atoms with E-state index in [0.29, 0.717) is 0 Å². The minimum Gasteiger partial charge on any atom is -0.665 e. The zero-order chi connectivity index (χ0) is 5.86. The fourth-order valence-corrected chi connectivity index (χ4v) is 0.234. The van der Waals surface area contributed by atoms with Crippen LogP contribution in [0.5, 0.6) is 0 Å². The summed E-state index contributed by atoms with van der Waals surface area (Å²) in [6.45, 7) is 0. The molecule has 0 aromatic carbocycles. The predicted molar refractivity (Wildman–Crippen MR) is 36.0 cm³/mol. The van der Waals surface area contributed by atoms with Crippen molar-refractivity contribution < 1.29 is 27.8 Å². The summed E-state index contributed by atoms with van der Waals surface area (Å²) < 4.78 is 0. The maximum atomic E-state index is 9.69. The molecule has 0 fully saturated rings. The second-order valence-corrected chi connectivity index (χ2v) is 1.44. The third kappa shape index (κ3) is 8.03. The van der Waals surface area contributed by atoms with E-state index in [1.54, 1.807) is 0 Å². The van der Waals surface area contributed by atoms with E-state index in [2.05, 4.69) is 12.6 Å². The Hall–Kier alpha value is 0.0300. The number of thiol groups is 1. The molecule has 6 heteroatoms. The average molecular weight is 176 g/mol. The molecule has 0 aromatic heterocycles. The van der Waals surface area contributed by atoms with Gasteiger partial charge in [-0.15, -0.1) is 0 Å². The van der Waals surface area contributed by atoms with Crippen molar-refractivity contribution in [3.05, 3.63) is 5.73 Å². The molecule has 0 amide bonds. The Morgan fingerprint density at radius 1 is 1.78 bits per heavy atom. The van der Waals surface area contributed by atoms with Gasteiger partial charge in [0.25, 0.3) is 5.97 Å². The number of halogens is 1. The van der Waals surface area contributed by atoms with Crippen LogP contribution < -0.4 is 0 Å². The van der Waals surface area contributed by atoms with Crippen LogP contribution in [0.4, 0.5) is 0 Å². The highest BCUT2D eigenvalue weighted by atomic mass is 35.5. The van der Waals surface area contributed by atoms with Gasteiger partial charge in [-0.05, 0) is 11.8 Å². The first-order valence-electron chi connectivity index (χ1n) is 1.73. The van der Waals surface area contributed by atoms with Crippen molar-refractivity contribution in [2.45, 2.75) is 6.04 Å². The van der Waals surface area contributed by atoms with Gasteiger partial charge in [0.2, 0.25) is 0 Å². The number of nitrogens with one attached hydrogen (secondary N) is 1. The SMILES string of the molecule is O.[ClH2+].[NH-]C(CS)C(=O)O. The van der Waals surface area contributed by atoms with E-state index in [1.165, 1.54) is 0 Å². The van der Waals surface area contributed by atoms with Gasteiger partial charge in [-0.1, -0.05) is 0 Å². The molecule has 9 heavy (non-hydrogen) atoms. The second kappa shape index (κ2) is 8.03. The third-order valence-corrected chi connectivity index (χ3v) is 0.846. The summed E-state index contributed by atoms with van der Waals surface area (Å²) in [5.74, 6) is -1.04. The van der Waals surface area contributed by atoms with E-state index in [9.17, 15) is 4.79 Å². The highest BCUT2D eigenvalue weighted by Crippen LogP contribution is 1.89. The van der Waals surface area contributed by atoms with Gasteiger partial charge in [0.1, 0.15) is 0 Å². The summed E-state index contributed by atoms with van der Waals surface area (Å²) in [5, 5.41) is 7.95. The molecule has 0 aliphatic rings. The molecule has 4 nitrogen and oxygen atoms in total. The van der Waals surface area contributed by atoms with Crippen LogP contribution in [-0.2, 0) is 4.79 Å². The number of hydrogen-bond acceptors (Lipinski definition) is 2. The summed E-state index contributed by atoms with van der Waals surface area (Å²) in [6, 6.07) is -1.07. The molecule has 0 spiro atoms. The summed E-state index contributed by atoms with van der Waals surface area (Å²) in [5.41, 5.74) is 6.60. The van der Waals surface area contributed by atoms with E-state index >= 15 is 0 Å². The van der Waals surface area contributed by atoms with Crippen molar-refractivity contribution in [3.63, 3.8) is 0 Å².